The summed E-state index contributed by atoms with van der Waals surface area (Å²) in [5.74, 6) is -1.51. The van der Waals surface area contributed by atoms with Crippen LogP contribution in [0, 0.1) is 5.92 Å². The Morgan fingerprint density at radius 2 is 1.71 bits per heavy atom. The summed E-state index contributed by atoms with van der Waals surface area (Å²) in [6, 6.07) is 16.2. The molecule has 8 nitrogen and oxygen atoms in total. The van der Waals surface area contributed by atoms with Crippen molar-refractivity contribution >= 4 is 29.3 Å². The number of nitrogens with one attached hydrogen (secondary N) is 2. The molecule has 1 aromatic heterocycles. The van der Waals surface area contributed by atoms with Crippen molar-refractivity contribution in [2.75, 3.05) is 6.61 Å². The molecule has 0 spiro atoms. The molecule has 2 atom stereocenters. The topological polar surface area (TPSA) is 118 Å². The number of hydrogen-bond donors (Lipinski definition) is 3. The van der Waals surface area contributed by atoms with Gasteiger partial charge in [0.25, 0.3) is 5.91 Å². The Hall–Kier alpha value is -3.72. The van der Waals surface area contributed by atoms with E-state index in [-0.39, 0.29) is 31.0 Å². The Bertz CT molecular complexity index is 1230. The van der Waals surface area contributed by atoms with Gasteiger partial charge in [-0.1, -0.05) is 48.5 Å². The largest absolute Gasteiger partial charge is 0.481 e. The predicted octanol–water partition coefficient (Wildman–Crippen LogP) is 4.16. The number of aliphatic carboxylic acids is 1. The number of carbonyl (C=O) groups is 3. The van der Waals surface area contributed by atoms with Gasteiger partial charge in [-0.25, -0.2) is 9.78 Å². The monoisotopic (exact) mass is 491 g/mol. The zero-order valence-electron chi connectivity index (χ0n) is 18.9. The molecule has 180 valence electrons. The summed E-state index contributed by atoms with van der Waals surface area (Å²) >= 11 is 1.19. The maximum absolute atomic E-state index is 12.5. The molecular weight excluding hydrogens is 466 g/mol. The van der Waals surface area contributed by atoms with Crippen LogP contribution in [0.1, 0.15) is 51.0 Å². The summed E-state index contributed by atoms with van der Waals surface area (Å²) in [5.41, 5.74) is 4.63. The van der Waals surface area contributed by atoms with Crippen LogP contribution in [0.2, 0.25) is 0 Å². The average Bonchev–Trinajstić information content (AvgIpc) is 3.59. The molecule has 2 aliphatic carbocycles. The zero-order chi connectivity index (χ0) is 24.4. The molecule has 3 aromatic rings. The van der Waals surface area contributed by atoms with Crippen LogP contribution in [-0.2, 0) is 16.1 Å². The van der Waals surface area contributed by atoms with Crippen molar-refractivity contribution in [2.45, 2.75) is 37.8 Å². The lowest BCUT2D eigenvalue weighted by Crippen LogP contribution is -2.32. The van der Waals surface area contributed by atoms with E-state index in [0.29, 0.717) is 29.1 Å². The molecule has 0 bridgehead atoms. The van der Waals surface area contributed by atoms with E-state index in [0.717, 1.165) is 11.1 Å². The van der Waals surface area contributed by atoms with Crippen LogP contribution in [0.15, 0.2) is 54.7 Å². The Morgan fingerprint density at radius 3 is 2.37 bits per heavy atom. The Labute approximate surface area is 206 Å². The fourth-order valence-electron chi connectivity index (χ4n) is 4.89. The van der Waals surface area contributed by atoms with E-state index in [4.69, 9.17) is 9.84 Å². The quantitative estimate of drug-likeness (QED) is 0.457. The number of ether oxygens (including phenoxy) is 1. The van der Waals surface area contributed by atoms with E-state index >= 15 is 0 Å². The summed E-state index contributed by atoms with van der Waals surface area (Å²) in [5, 5.41) is 15.3. The summed E-state index contributed by atoms with van der Waals surface area (Å²) in [6.07, 6.45) is 2.59. The number of rotatable bonds is 7. The van der Waals surface area contributed by atoms with Crippen LogP contribution < -0.4 is 10.6 Å². The number of nitrogens with zero attached hydrogens (tertiary/aromatic N) is 1. The lowest BCUT2D eigenvalue weighted by molar-refractivity contribution is -0.141. The Balaban J connectivity index is 1.12. The molecule has 35 heavy (non-hydrogen) atoms. The first kappa shape index (κ1) is 23.0. The highest BCUT2D eigenvalue weighted by molar-refractivity contribution is 7.13. The number of aromatic nitrogens is 1. The summed E-state index contributed by atoms with van der Waals surface area (Å²) in [4.78, 5) is 40.6. The minimum Gasteiger partial charge on any atom is -0.481 e. The molecule has 1 fully saturated rings. The third-order valence-corrected chi connectivity index (χ3v) is 7.62. The van der Waals surface area contributed by atoms with Gasteiger partial charge in [0.05, 0.1) is 18.7 Å². The highest BCUT2D eigenvalue weighted by Crippen LogP contribution is 2.44. The molecule has 2 aliphatic rings. The number of benzene rings is 2. The summed E-state index contributed by atoms with van der Waals surface area (Å²) in [6.45, 7) is 0.378. The van der Waals surface area contributed by atoms with Crippen molar-refractivity contribution in [3.8, 4) is 11.1 Å². The Kier molecular flexibility index (Phi) is 6.50. The van der Waals surface area contributed by atoms with E-state index in [1.165, 1.54) is 28.7 Å². The highest BCUT2D eigenvalue weighted by atomic mass is 32.1. The maximum atomic E-state index is 12.5. The second-order valence-corrected chi connectivity index (χ2v) is 9.93. The van der Waals surface area contributed by atoms with Gasteiger partial charge >= 0.3 is 12.1 Å². The number of carboxylic acids is 1. The van der Waals surface area contributed by atoms with E-state index in [2.05, 4.69) is 39.9 Å². The molecule has 0 radical (unpaired) electrons. The predicted molar refractivity (Wildman–Crippen MR) is 130 cm³/mol. The third-order valence-electron chi connectivity index (χ3n) is 6.62. The standard InChI is InChI=1S/C26H25N3O5S/c30-24(29-16-10-9-15(11-16)25(31)32)22-12-27-23(35-22)13-28-26(33)34-14-21-19-7-3-1-5-17(19)18-6-2-4-8-20(18)21/h1-8,12,15-16,21H,9-11,13-14H2,(H,28,33)(H,29,30)(H,31,32)/t15-,16+/m0/s1. The number of thiazole rings is 1. The molecule has 1 heterocycles. The average molecular weight is 492 g/mol. The molecule has 5 rings (SSSR count). The zero-order valence-corrected chi connectivity index (χ0v) is 19.7. The van der Waals surface area contributed by atoms with Crippen molar-refractivity contribution in [2.24, 2.45) is 5.92 Å². The van der Waals surface area contributed by atoms with Crippen LogP contribution in [0.4, 0.5) is 4.79 Å². The van der Waals surface area contributed by atoms with E-state index in [9.17, 15) is 14.4 Å². The van der Waals surface area contributed by atoms with Crippen LogP contribution in [-0.4, -0.2) is 40.7 Å². The van der Waals surface area contributed by atoms with Crippen molar-refractivity contribution in [3.05, 3.63) is 75.7 Å². The van der Waals surface area contributed by atoms with Gasteiger partial charge in [-0.15, -0.1) is 11.3 Å². The van der Waals surface area contributed by atoms with Gasteiger partial charge < -0.3 is 20.5 Å². The first-order valence-corrected chi connectivity index (χ1v) is 12.4. The molecule has 0 saturated heterocycles. The fraction of sp³-hybridized carbons (Fsp3) is 0.308. The second kappa shape index (κ2) is 9.87. The van der Waals surface area contributed by atoms with Crippen LogP contribution in [0.25, 0.3) is 11.1 Å². The maximum Gasteiger partial charge on any atom is 0.407 e. The van der Waals surface area contributed by atoms with Gasteiger partial charge in [-0.3, -0.25) is 9.59 Å². The number of alkyl carbamates (subject to hydrolysis) is 1. The molecule has 9 heteroatoms. The number of hydrogen-bond acceptors (Lipinski definition) is 6. The second-order valence-electron chi connectivity index (χ2n) is 8.82. The van der Waals surface area contributed by atoms with Crippen molar-refractivity contribution in [3.63, 3.8) is 0 Å². The normalized spacial score (nSPS) is 18.5. The van der Waals surface area contributed by atoms with Gasteiger partial charge in [0.1, 0.15) is 16.5 Å². The molecule has 1 saturated carbocycles. The number of amides is 2. The molecule has 3 N–H and O–H groups in total. The molecule has 2 aromatic carbocycles. The van der Waals surface area contributed by atoms with Gasteiger partial charge in [0.2, 0.25) is 0 Å². The smallest absolute Gasteiger partial charge is 0.407 e. The van der Waals surface area contributed by atoms with Crippen molar-refractivity contribution < 1.29 is 24.2 Å². The first-order valence-electron chi connectivity index (χ1n) is 11.6. The number of fused-ring (bicyclic) bond motifs is 3. The highest BCUT2D eigenvalue weighted by Gasteiger charge is 2.31. The lowest BCUT2D eigenvalue weighted by Gasteiger charge is -2.14. The number of carbonyl (C=O) groups excluding carboxylic acids is 2. The van der Waals surface area contributed by atoms with Gasteiger partial charge in [0, 0.05) is 12.0 Å². The SMILES string of the molecule is O=C(NCc1ncc(C(=O)N[C@@H]2CC[C@H](C(=O)O)C2)s1)OCC1c2ccccc2-c2ccccc21. The molecule has 2 amide bonds. The third kappa shape index (κ3) is 4.90. The molecule has 0 unspecified atom stereocenters. The van der Waals surface area contributed by atoms with Gasteiger partial charge in [-0.05, 0) is 41.5 Å². The molecular formula is C26H25N3O5S. The summed E-state index contributed by atoms with van der Waals surface area (Å²) in [7, 11) is 0. The van der Waals surface area contributed by atoms with E-state index in [1.807, 2.05) is 24.3 Å². The molecule has 0 aliphatic heterocycles. The van der Waals surface area contributed by atoms with Gasteiger partial charge in [0.15, 0.2) is 0 Å². The summed E-state index contributed by atoms with van der Waals surface area (Å²) < 4.78 is 5.53. The van der Waals surface area contributed by atoms with Gasteiger partial charge in [-0.2, -0.15) is 0 Å². The van der Waals surface area contributed by atoms with Crippen LogP contribution in [0.5, 0.6) is 0 Å². The van der Waals surface area contributed by atoms with Crippen molar-refractivity contribution in [1.82, 2.24) is 15.6 Å². The fourth-order valence-corrected chi connectivity index (χ4v) is 5.65. The van der Waals surface area contributed by atoms with Crippen molar-refractivity contribution in [1.29, 1.82) is 0 Å². The van der Waals surface area contributed by atoms with Crippen LogP contribution >= 0.6 is 11.3 Å². The van der Waals surface area contributed by atoms with E-state index in [1.54, 1.807) is 0 Å². The van der Waals surface area contributed by atoms with E-state index < -0.39 is 18.0 Å². The minimum absolute atomic E-state index is 0.0142. The lowest BCUT2D eigenvalue weighted by atomic mass is 9.98. The van der Waals surface area contributed by atoms with Crippen LogP contribution in [0.3, 0.4) is 0 Å². The Morgan fingerprint density at radius 1 is 1.03 bits per heavy atom. The first-order chi connectivity index (χ1) is 17.0. The number of carboxylic acid groups (broad SMARTS) is 1. The minimum atomic E-state index is -0.818.